The van der Waals surface area contributed by atoms with Gasteiger partial charge in [-0.25, -0.2) is 9.18 Å². The number of ether oxygens (including phenoxy) is 3. The molecule has 0 radical (unpaired) electrons. The third-order valence-electron chi connectivity index (χ3n) is 4.90. The van der Waals surface area contributed by atoms with Crippen LogP contribution in [0.25, 0.3) is 0 Å². The van der Waals surface area contributed by atoms with E-state index in [4.69, 9.17) is 14.2 Å². The predicted octanol–water partition coefficient (Wildman–Crippen LogP) is 4.83. The van der Waals surface area contributed by atoms with E-state index in [0.717, 1.165) is 19.3 Å². The van der Waals surface area contributed by atoms with Gasteiger partial charge in [0.05, 0.1) is 27.4 Å². The van der Waals surface area contributed by atoms with Gasteiger partial charge in [-0.2, -0.15) is 0 Å². The number of carbonyl (C=O) groups is 1. The number of hydrogen-bond acceptors (Lipinski definition) is 5. The zero-order chi connectivity index (χ0) is 23.3. The van der Waals surface area contributed by atoms with Crippen LogP contribution >= 0.6 is 0 Å². The van der Waals surface area contributed by atoms with Crippen LogP contribution < -0.4 is 19.5 Å². The molecule has 2 aromatic carbocycles. The summed E-state index contributed by atoms with van der Waals surface area (Å²) >= 11 is 0. The Bertz CT molecular complexity index is 862. The Hall–Kier alpha value is -3.00. The third kappa shape index (κ3) is 7.60. The highest BCUT2D eigenvalue weighted by Gasteiger charge is 2.18. The predicted molar refractivity (Wildman–Crippen MR) is 122 cm³/mol. The number of amides is 2. The number of benzene rings is 2. The Morgan fingerprint density at radius 3 is 2.47 bits per heavy atom. The first kappa shape index (κ1) is 25.3. The molecule has 7 nitrogen and oxygen atoms in total. The van der Waals surface area contributed by atoms with Gasteiger partial charge in [-0.05, 0) is 43.2 Å². The van der Waals surface area contributed by atoms with Crippen LogP contribution in [0.1, 0.15) is 38.2 Å². The minimum absolute atomic E-state index is 0.0671. The van der Waals surface area contributed by atoms with Gasteiger partial charge in [-0.3, -0.25) is 0 Å². The fourth-order valence-electron chi connectivity index (χ4n) is 3.19. The van der Waals surface area contributed by atoms with Gasteiger partial charge < -0.3 is 29.5 Å². The van der Waals surface area contributed by atoms with Crippen molar-refractivity contribution in [3.8, 4) is 17.2 Å². The molecule has 0 saturated heterocycles. The first-order valence-corrected chi connectivity index (χ1v) is 10.8. The highest BCUT2D eigenvalue weighted by Crippen LogP contribution is 2.31. The maximum Gasteiger partial charge on any atom is 0.322 e. The molecule has 2 aromatic rings. The fraction of sp³-hybridized carbons (Fsp3) is 0.458. The SMILES string of the molecule is CCCCCOc1cc(NC(=O)N(CCCO)Cc2cc(F)ccc2OC)ccc1OC. The molecular formula is C24H33FN2O5. The third-order valence-corrected chi connectivity index (χ3v) is 4.90. The molecule has 0 bridgehead atoms. The van der Waals surface area contributed by atoms with Crippen molar-refractivity contribution in [2.24, 2.45) is 0 Å². The highest BCUT2D eigenvalue weighted by molar-refractivity contribution is 5.89. The maximum absolute atomic E-state index is 13.8. The molecule has 0 aromatic heterocycles. The van der Waals surface area contributed by atoms with Crippen molar-refractivity contribution >= 4 is 11.7 Å². The summed E-state index contributed by atoms with van der Waals surface area (Å²) in [6, 6.07) is 8.97. The van der Waals surface area contributed by atoms with E-state index in [1.165, 1.54) is 30.2 Å². The molecule has 0 spiro atoms. The van der Waals surface area contributed by atoms with E-state index in [0.29, 0.717) is 48.1 Å². The van der Waals surface area contributed by atoms with Gasteiger partial charge in [0, 0.05) is 30.5 Å². The largest absolute Gasteiger partial charge is 0.496 e. The summed E-state index contributed by atoms with van der Waals surface area (Å²) in [4.78, 5) is 14.5. The van der Waals surface area contributed by atoms with Gasteiger partial charge in [-0.1, -0.05) is 19.8 Å². The number of hydrogen-bond donors (Lipinski definition) is 2. The minimum Gasteiger partial charge on any atom is -0.496 e. The first-order chi connectivity index (χ1) is 15.5. The molecule has 2 N–H and O–H groups in total. The molecular weight excluding hydrogens is 415 g/mol. The number of aliphatic hydroxyl groups excluding tert-OH is 1. The van der Waals surface area contributed by atoms with Crippen LogP contribution in [-0.2, 0) is 6.54 Å². The van der Waals surface area contributed by atoms with Crippen LogP contribution in [0.4, 0.5) is 14.9 Å². The summed E-state index contributed by atoms with van der Waals surface area (Å²) < 4.78 is 30.2. The standard InChI is InChI=1S/C24H33FN2O5/c1-4-5-6-14-32-23-16-20(9-11-22(23)31-3)26-24(29)27(12-7-13-28)17-18-15-19(25)8-10-21(18)30-2/h8-11,15-16,28H,4-7,12-14,17H2,1-3H3,(H,26,29). The quantitative estimate of drug-likeness (QED) is 0.429. The molecule has 0 aliphatic carbocycles. The van der Waals surface area contributed by atoms with E-state index in [1.54, 1.807) is 25.3 Å². The molecule has 0 aliphatic heterocycles. The van der Waals surface area contributed by atoms with Crippen molar-refractivity contribution in [3.63, 3.8) is 0 Å². The summed E-state index contributed by atoms with van der Waals surface area (Å²) in [7, 11) is 3.06. The Balaban J connectivity index is 2.16. The maximum atomic E-state index is 13.8. The summed E-state index contributed by atoms with van der Waals surface area (Å²) in [6.45, 7) is 3.03. The molecule has 8 heteroatoms. The van der Waals surface area contributed by atoms with E-state index >= 15 is 0 Å². The lowest BCUT2D eigenvalue weighted by Gasteiger charge is -2.24. The van der Waals surface area contributed by atoms with Gasteiger partial charge in [0.15, 0.2) is 11.5 Å². The zero-order valence-electron chi connectivity index (χ0n) is 19.0. The van der Waals surface area contributed by atoms with E-state index < -0.39 is 5.82 Å². The molecule has 2 amide bonds. The van der Waals surface area contributed by atoms with Crippen LogP contribution in [0.3, 0.4) is 0 Å². The molecule has 0 heterocycles. The Morgan fingerprint density at radius 2 is 1.78 bits per heavy atom. The van der Waals surface area contributed by atoms with Crippen molar-refractivity contribution in [2.75, 3.05) is 39.3 Å². The fourth-order valence-corrected chi connectivity index (χ4v) is 3.19. The molecule has 2 rings (SSSR count). The lowest BCUT2D eigenvalue weighted by molar-refractivity contribution is 0.198. The average molecular weight is 449 g/mol. The van der Waals surface area contributed by atoms with Crippen molar-refractivity contribution in [3.05, 3.63) is 47.8 Å². The molecule has 176 valence electrons. The van der Waals surface area contributed by atoms with E-state index in [2.05, 4.69) is 12.2 Å². The Morgan fingerprint density at radius 1 is 1.03 bits per heavy atom. The zero-order valence-corrected chi connectivity index (χ0v) is 19.0. The van der Waals surface area contributed by atoms with E-state index in [9.17, 15) is 14.3 Å². The number of anilines is 1. The average Bonchev–Trinajstić information content (AvgIpc) is 2.79. The number of unbranched alkanes of at least 4 members (excludes halogenated alkanes) is 2. The topological polar surface area (TPSA) is 80.3 Å². The second kappa shape index (κ2) is 13.4. The van der Waals surface area contributed by atoms with Gasteiger partial charge in [0.1, 0.15) is 11.6 Å². The second-order valence-electron chi connectivity index (χ2n) is 7.31. The first-order valence-electron chi connectivity index (χ1n) is 10.8. The number of halogens is 1. The molecule has 0 aliphatic rings. The number of nitrogens with zero attached hydrogens (tertiary/aromatic N) is 1. The monoisotopic (exact) mass is 448 g/mol. The number of methoxy groups -OCH3 is 2. The molecule has 0 fully saturated rings. The Kier molecular flexibility index (Phi) is 10.6. The summed E-state index contributed by atoms with van der Waals surface area (Å²) in [5.74, 6) is 1.21. The molecule has 0 saturated carbocycles. The number of rotatable bonds is 13. The van der Waals surface area contributed by atoms with Crippen LogP contribution in [0.15, 0.2) is 36.4 Å². The number of urea groups is 1. The van der Waals surface area contributed by atoms with Crippen LogP contribution in [0.2, 0.25) is 0 Å². The number of aliphatic hydroxyl groups is 1. The lowest BCUT2D eigenvalue weighted by Crippen LogP contribution is -2.35. The highest BCUT2D eigenvalue weighted by atomic mass is 19.1. The van der Waals surface area contributed by atoms with Gasteiger partial charge in [0.2, 0.25) is 0 Å². The molecule has 0 atom stereocenters. The van der Waals surface area contributed by atoms with Crippen molar-refractivity contribution in [2.45, 2.75) is 39.2 Å². The second-order valence-corrected chi connectivity index (χ2v) is 7.31. The minimum atomic E-state index is -0.414. The van der Waals surface area contributed by atoms with Crippen molar-refractivity contribution in [1.82, 2.24) is 4.90 Å². The van der Waals surface area contributed by atoms with Gasteiger partial charge >= 0.3 is 6.03 Å². The van der Waals surface area contributed by atoms with Crippen LogP contribution in [-0.4, -0.2) is 50.0 Å². The smallest absolute Gasteiger partial charge is 0.322 e. The van der Waals surface area contributed by atoms with Crippen molar-refractivity contribution in [1.29, 1.82) is 0 Å². The van der Waals surface area contributed by atoms with Crippen LogP contribution in [0.5, 0.6) is 17.2 Å². The van der Waals surface area contributed by atoms with E-state index in [1.807, 2.05) is 0 Å². The molecule has 32 heavy (non-hydrogen) atoms. The number of nitrogens with one attached hydrogen (secondary N) is 1. The Labute approximate surface area is 189 Å². The summed E-state index contributed by atoms with van der Waals surface area (Å²) in [5, 5.41) is 12.1. The molecule has 0 unspecified atom stereocenters. The number of carbonyl (C=O) groups excluding carboxylic acids is 1. The van der Waals surface area contributed by atoms with E-state index in [-0.39, 0.29) is 19.2 Å². The van der Waals surface area contributed by atoms with Gasteiger partial charge in [0.25, 0.3) is 0 Å². The van der Waals surface area contributed by atoms with Crippen molar-refractivity contribution < 1.29 is 28.5 Å². The lowest BCUT2D eigenvalue weighted by atomic mass is 10.1. The van der Waals surface area contributed by atoms with Gasteiger partial charge in [-0.15, -0.1) is 0 Å². The normalized spacial score (nSPS) is 10.5. The summed E-state index contributed by atoms with van der Waals surface area (Å²) in [5.41, 5.74) is 1.08. The van der Waals surface area contributed by atoms with Crippen LogP contribution in [0, 0.1) is 5.82 Å². The summed E-state index contributed by atoms with van der Waals surface area (Å²) in [6.07, 6.45) is 3.48.